The average Bonchev–Trinajstić information content (AvgIpc) is 2.35. The van der Waals surface area contributed by atoms with Crippen molar-refractivity contribution < 1.29 is 0 Å². The Bertz CT molecular complexity index is 432. The molecular weight excluding hydrogens is 288 g/mol. The molecule has 1 aromatic rings. The van der Waals surface area contributed by atoms with Crippen molar-refractivity contribution in [2.75, 3.05) is 5.32 Å². The highest BCUT2D eigenvalue weighted by atomic mass is 79.9. The van der Waals surface area contributed by atoms with Crippen molar-refractivity contribution in [2.45, 2.75) is 38.1 Å². The largest absolute Gasteiger partial charge is 0.380 e. The molecule has 0 radical (unpaired) electrons. The molecule has 4 saturated carbocycles. The maximum absolute atomic E-state index is 4.32. The first-order valence-electron chi connectivity index (χ1n) is 7.16. The second kappa shape index (κ2) is 4.22. The smallest absolute Gasteiger partial charge is 0.129 e. The van der Waals surface area contributed by atoms with Crippen LogP contribution in [0.3, 0.4) is 0 Å². The van der Waals surface area contributed by atoms with E-state index in [9.17, 15) is 0 Å². The Balaban J connectivity index is 1.57. The quantitative estimate of drug-likeness (QED) is 0.833. The number of hydrogen-bond acceptors (Lipinski definition) is 2. The maximum atomic E-state index is 4.32. The highest BCUT2D eigenvalue weighted by Gasteiger charge is 2.48. The Morgan fingerprint density at radius 3 is 2.33 bits per heavy atom. The number of nitrogens with one attached hydrogen (secondary N) is 1. The van der Waals surface area contributed by atoms with Gasteiger partial charge in [0, 0.05) is 12.2 Å². The van der Waals surface area contributed by atoms with Gasteiger partial charge in [0.1, 0.15) is 4.60 Å². The van der Waals surface area contributed by atoms with E-state index < -0.39 is 0 Å². The normalized spacial score (nSPS) is 41.1. The van der Waals surface area contributed by atoms with Gasteiger partial charge in [0.2, 0.25) is 0 Å². The van der Waals surface area contributed by atoms with Gasteiger partial charge in [-0.2, -0.15) is 0 Å². The van der Waals surface area contributed by atoms with Gasteiger partial charge in [-0.05, 0) is 83.8 Å². The van der Waals surface area contributed by atoms with Crippen molar-refractivity contribution in [1.82, 2.24) is 4.98 Å². The average molecular weight is 307 g/mol. The number of pyridine rings is 1. The molecule has 0 aromatic carbocycles. The fourth-order valence-corrected chi connectivity index (χ4v) is 5.20. The molecule has 4 aliphatic carbocycles. The zero-order valence-corrected chi connectivity index (χ0v) is 12.1. The number of anilines is 1. The summed E-state index contributed by atoms with van der Waals surface area (Å²) in [6.07, 6.45) is 9.21. The summed E-state index contributed by atoms with van der Waals surface area (Å²) in [7, 11) is 0. The molecule has 1 heterocycles. The molecule has 5 rings (SSSR count). The summed E-state index contributed by atoms with van der Waals surface area (Å²) < 4.78 is 0.957. The van der Waals surface area contributed by atoms with Crippen LogP contribution in [-0.2, 0) is 0 Å². The van der Waals surface area contributed by atoms with Crippen molar-refractivity contribution in [2.24, 2.45) is 23.7 Å². The monoisotopic (exact) mass is 306 g/mol. The van der Waals surface area contributed by atoms with Crippen LogP contribution in [0.1, 0.15) is 32.1 Å². The Kier molecular flexibility index (Phi) is 2.65. The third-order valence-corrected chi connectivity index (χ3v) is 5.94. The van der Waals surface area contributed by atoms with Gasteiger partial charge in [-0.1, -0.05) is 0 Å². The standard InChI is InChI=1S/C15H19BrN2/c16-15-13(2-1-3-17-15)18-14-11-5-9-4-10(7-11)8-12(14)6-9/h1-3,9-12,14,18H,4-8H2. The second-order valence-corrected chi connectivity index (χ2v) is 7.19. The van der Waals surface area contributed by atoms with E-state index in [0.717, 1.165) is 28.3 Å². The summed E-state index contributed by atoms with van der Waals surface area (Å²) in [5.74, 6) is 3.91. The van der Waals surface area contributed by atoms with Crippen molar-refractivity contribution in [3.05, 3.63) is 22.9 Å². The predicted octanol–water partition coefficient (Wildman–Crippen LogP) is 4.08. The van der Waals surface area contributed by atoms with Crippen molar-refractivity contribution in [3.63, 3.8) is 0 Å². The summed E-state index contributed by atoms with van der Waals surface area (Å²) >= 11 is 3.55. The molecule has 1 aromatic heterocycles. The summed E-state index contributed by atoms with van der Waals surface area (Å²) in [5, 5.41) is 3.78. The van der Waals surface area contributed by atoms with Crippen molar-refractivity contribution >= 4 is 21.6 Å². The Hall–Kier alpha value is -0.570. The van der Waals surface area contributed by atoms with Gasteiger partial charge in [0.15, 0.2) is 0 Å². The van der Waals surface area contributed by atoms with Gasteiger partial charge in [-0.25, -0.2) is 4.98 Å². The summed E-state index contributed by atoms with van der Waals surface area (Å²) in [4.78, 5) is 4.32. The molecule has 0 aliphatic heterocycles. The lowest BCUT2D eigenvalue weighted by Gasteiger charge is -2.54. The van der Waals surface area contributed by atoms with Crippen LogP contribution in [-0.4, -0.2) is 11.0 Å². The lowest BCUT2D eigenvalue weighted by Crippen LogP contribution is -2.51. The summed E-state index contributed by atoms with van der Waals surface area (Å²) in [6, 6.07) is 4.85. The zero-order chi connectivity index (χ0) is 12.1. The minimum absolute atomic E-state index is 0.693. The molecule has 1 N–H and O–H groups in total. The molecule has 0 amide bonds. The van der Waals surface area contributed by atoms with E-state index in [1.54, 1.807) is 0 Å². The van der Waals surface area contributed by atoms with Crippen LogP contribution >= 0.6 is 15.9 Å². The van der Waals surface area contributed by atoms with E-state index in [0.29, 0.717) is 6.04 Å². The molecule has 0 unspecified atom stereocenters. The van der Waals surface area contributed by atoms with Gasteiger partial charge < -0.3 is 5.32 Å². The van der Waals surface area contributed by atoms with Crippen LogP contribution in [0.4, 0.5) is 5.69 Å². The Morgan fingerprint density at radius 2 is 1.72 bits per heavy atom. The van der Waals surface area contributed by atoms with Gasteiger partial charge >= 0.3 is 0 Å². The number of halogens is 1. The number of rotatable bonds is 2. The highest BCUT2D eigenvalue weighted by Crippen LogP contribution is 2.54. The fourth-order valence-electron chi connectivity index (χ4n) is 4.83. The van der Waals surface area contributed by atoms with Gasteiger partial charge in [-0.3, -0.25) is 0 Å². The van der Waals surface area contributed by atoms with Crippen LogP contribution in [0.2, 0.25) is 0 Å². The lowest BCUT2D eigenvalue weighted by atomic mass is 9.54. The van der Waals surface area contributed by atoms with Crippen molar-refractivity contribution in [3.8, 4) is 0 Å². The third-order valence-electron chi connectivity index (χ3n) is 5.31. The van der Waals surface area contributed by atoms with Gasteiger partial charge in [-0.15, -0.1) is 0 Å². The summed E-state index contributed by atoms with van der Waals surface area (Å²) in [6.45, 7) is 0. The molecule has 4 aliphatic rings. The first kappa shape index (κ1) is 11.3. The molecular formula is C15H19BrN2. The minimum Gasteiger partial charge on any atom is -0.380 e. The molecule has 0 saturated heterocycles. The molecule has 96 valence electrons. The number of hydrogen-bond donors (Lipinski definition) is 1. The van der Waals surface area contributed by atoms with E-state index >= 15 is 0 Å². The molecule has 2 nitrogen and oxygen atoms in total. The molecule has 0 spiro atoms. The zero-order valence-electron chi connectivity index (χ0n) is 10.5. The van der Waals surface area contributed by atoms with E-state index in [1.807, 2.05) is 12.3 Å². The summed E-state index contributed by atoms with van der Waals surface area (Å²) in [5.41, 5.74) is 1.18. The molecule has 18 heavy (non-hydrogen) atoms. The van der Waals surface area contributed by atoms with E-state index in [2.05, 4.69) is 32.3 Å². The van der Waals surface area contributed by atoms with Gasteiger partial charge in [0.05, 0.1) is 5.69 Å². The maximum Gasteiger partial charge on any atom is 0.129 e. The highest BCUT2D eigenvalue weighted by molar-refractivity contribution is 9.10. The van der Waals surface area contributed by atoms with Crippen LogP contribution < -0.4 is 5.32 Å². The van der Waals surface area contributed by atoms with Crippen LogP contribution in [0.5, 0.6) is 0 Å². The topological polar surface area (TPSA) is 24.9 Å². The molecule has 0 atom stereocenters. The van der Waals surface area contributed by atoms with E-state index in [1.165, 1.54) is 37.8 Å². The van der Waals surface area contributed by atoms with E-state index in [4.69, 9.17) is 0 Å². The predicted molar refractivity (Wildman–Crippen MR) is 76.4 cm³/mol. The van der Waals surface area contributed by atoms with Crippen LogP contribution in [0.25, 0.3) is 0 Å². The van der Waals surface area contributed by atoms with Crippen LogP contribution in [0, 0.1) is 23.7 Å². The van der Waals surface area contributed by atoms with Crippen molar-refractivity contribution in [1.29, 1.82) is 0 Å². The lowest BCUT2D eigenvalue weighted by molar-refractivity contribution is 0.00751. The minimum atomic E-state index is 0.693. The second-order valence-electron chi connectivity index (χ2n) is 6.44. The molecule has 4 bridgehead atoms. The number of aromatic nitrogens is 1. The molecule has 3 heteroatoms. The molecule has 4 fully saturated rings. The van der Waals surface area contributed by atoms with E-state index in [-0.39, 0.29) is 0 Å². The van der Waals surface area contributed by atoms with Gasteiger partial charge in [0.25, 0.3) is 0 Å². The number of nitrogens with zero attached hydrogens (tertiary/aromatic N) is 1. The first-order chi connectivity index (χ1) is 8.79. The Labute approximate surface area is 117 Å². The first-order valence-corrected chi connectivity index (χ1v) is 7.96. The SMILES string of the molecule is Brc1ncccc1NC1C2CC3CC(C2)CC1C3. The third kappa shape index (κ3) is 1.78. The van der Waals surface area contributed by atoms with Crippen LogP contribution in [0.15, 0.2) is 22.9 Å². The fraction of sp³-hybridized carbons (Fsp3) is 0.667. The Morgan fingerprint density at radius 1 is 1.06 bits per heavy atom.